The fourth-order valence-corrected chi connectivity index (χ4v) is 1.21. The molecule has 0 amide bonds. The lowest BCUT2D eigenvalue weighted by molar-refractivity contribution is 0.463. The third-order valence-corrected chi connectivity index (χ3v) is 1.97. The van der Waals surface area contributed by atoms with Gasteiger partial charge in [0.15, 0.2) is 0 Å². The van der Waals surface area contributed by atoms with Crippen LogP contribution in [0.3, 0.4) is 0 Å². The van der Waals surface area contributed by atoms with E-state index >= 15 is 0 Å². The van der Waals surface area contributed by atoms with Crippen LogP contribution in [0.15, 0.2) is 12.2 Å². The lowest BCUT2D eigenvalue weighted by Gasteiger charge is -2.26. The molecule has 9 heavy (non-hydrogen) atoms. The Balaban J connectivity index is 2.51. The lowest BCUT2D eigenvalue weighted by Crippen LogP contribution is -2.44. The van der Waals surface area contributed by atoms with Crippen molar-refractivity contribution in [3.8, 4) is 0 Å². The van der Waals surface area contributed by atoms with E-state index in [2.05, 4.69) is 6.58 Å². The third kappa shape index (κ3) is 1.32. The summed E-state index contributed by atoms with van der Waals surface area (Å²) in [5.41, 5.74) is 12.5. The van der Waals surface area contributed by atoms with Gasteiger partial charge >= 0.3 is 0 Å². The Kier molecular flexibility index (Phi) is 1.88. The molecule has 52 valence electrons. The second kappa shape index (κ2) is 2.50. The summed E-state index contributed by atoms with van der Waals surface area (Å²) >= 11 is 0. The molecule has 1 fully saturated rings. The van der Waals surface area contributed by atoms with Crippen LogP contribution in [0.4, 0.5) is 0 Å². The molecule has 0 aliphatic heterocycles. The van der Waals surface area contributed by atoms with Crippen molar-refractivity contribution in [2.75, 3.05) is 0 Å². The van der Waals surface area contributed by atoms with Gasteiger partial charge in [-0.1, -0.05) is 12.2 Å². The molecule has 0 aromatic heterocycles. The first-order valence-corrected chi connectivity index (χ1v) is 3.40. The Labute approximate surface area is 55.9 Å². The van der Waals surface area contributed by atoms with E-state index in [0.717, 1.165) is 24.8 Å². The molecule has 0 aromatic rings. The van der Waals surface area contributed by atoms with Gasteiger partial charge in [-0.25, -0.2) is 0 Å². The summed E-state index contributed by atoms with van der Waals surface area (Å²) in [5, 5.41) is 0. The van der Waals surface area contributed by atoms with E-state index in [0.29, 0.717) is 0 Å². The van der Waals surface area contributed by atoms with Crippen molar-refractivity contribution >= 4 is 0 Å². The standard InChI is InChI=1S/C7H14N2/c1-5-3-2-4-6(8)7(5)9/h6-7H,1-4,8-9H2. The summed E-state index contributed by atoms with van der Waals surface area (Å²) in [6.07, 6.45) is 3.28. The molecule has 2 unspecified atom stereocenters. The molecule has 0 saturated heterocycles. The van der Waals surface area contributed by atoms with Crippen LogP contribution >= 0.6 is 0 Å². The van der Waals surface area contributed by atoms with Gasteiger partial charge < -0.3 is 11.5 Å². The Morgan fingerprint density at radius 1 is 1.44 bits per heavy atom. The molecule has 0 bridgehead atoms. The molecule has 1 saturated carbocycles. The summed E-state index contributed by atoms with van der Waals surface area (Å²) in [5.74, 6) is 0. The van der Waals surface area contributed by atoms with Crippen LogP contribution in [0.25, 0.3) is 0 Å². The number of hydrogen-bond acceptors (Lipinski definition) is 2. The van der Waals surface area contributed by atoms with Crippen LogP contribution in [0.1, 0.15) is 19.3 Å². The number of hydrogen-bond donors (Lipinski definition) is 2. The number of rotatable bonds is 0. The minimum Gasteiger partial charge on any atom is -0.326 e. The molecule has 0 spiro atoms. The first kappa shape index (κ1) is 6.78. The van der Waals surface area contributed by atoms with E-state index in [9.17, 15) is 0 Å². The highest BCUT2D eigenvalue weighted by Crippen LogP contribution is 2.19. The molecule has 1 aliphatic carbocycles. The molecule has 1 rings (SSSR count). The van der Waals surface area contributed by atoms with Crippen molar-refractivity contribution in [2.24, 2.45) is 11.5 Å². The minimum absolute atomic E-state index is 0.0544. The van der Waals surface area contributed by atoms with Gasteiger partial charge in [0, 0.05) is 12.1 Å². The summed E-state index contributed by atoms with van der Waals surface area (Å²) in [7, 11) is 0. The van der Waals surface area contributed by atoms with Crippen LogP contribution in [0, 0.1) is 0 Å². The van der Waals surface area contributed by atoms with Crippen molar-refractivity contribution < 1.29 is 0 Å². The fraction of sp³-hybridized carbons (Fsp3) is 0.714. The normalized spacial score (nSPS) is 36.9. The third-order valence-electron chi connectivity index (χ3n) is 1.97. The van der Waals surface area contributed by atoms with Gasteiger partial charge in [-0.05, 0) is 19.3 Å². The van der Waals surface area contributed by atoms with Crippen LogP contribution < -0.4 is 11.5 Å². The van der Waals surface area contributed by atoms with Gasteiger partial charge in [0.2, 0.25) is 0 Å². The zero-order chi connectivity index (χ0) is 6.85. The highest BCUT2D eigenvalue weighted by Gasteiger charge is 2.20. The Morgan fingerprint density at radius 3 is 2.56 bits per heavy atom. The summed E-state index contributed by atoms with van der Waals surface area (Å²) < 4.78 is 0. The zero-order valence-electron chi connectivity index (χ0n) is 5.64. The Bertz CT molecular complexity index is 120. The van der Waals surface area contributed by atoms with Crippen LogP contribution in [-0.2, 0) is 0 Å². The predicted molar refractivity (Wildman–Crippen MR) is 38.9 cm³/mol. The molecule has 0 heterocycles. The van der Waals surface area contributed by atoms with Crippen LogP contribution in [0.5, 0.6) is 0 Å². The molecule has 0 radical (unpaired) electrons. The maximum Gasteiger partial charge on any atom is 0.0405 e. The van der Waals surface area contributed by atoms with Gasteiger partial charge in [-0.2, -0.15) is 0 Å². The van der Waals surface area contributed by atoms with Gasteiger partial charge in [0.1, 0.15) is 0 Å². The van der Waals surface area contributed by atoms with E-state index in [1.165, 1.54) is 0 Å². The first-order valence-electron chi connectivity index (χ1n) is 3.40. The van der Waals surface area contributed by atoms with E-state index in [1.807, 2.05) is 0 Å². The van der Waals surface area contributed by atoms with Crippen molar-refractivity contribution in [1.82, 2.24) is 0 Å². The smallest absolute Gasteiger partial charge is 0.0405 e. The molecule has 2 nitrogen and oxygen atoms in total. The quantitative estimate of drug-likeness (QED) is 0.461. The van der Waals surface area contributed by atoms with Gasteiger partial charge in [-0.3, -0.25) is 0 Å². The van der Waals surface area contributed by atoms with E-state index in [-0.39, 0.29) is 12.1 Å². The highest BCUT2D eigenvalue weighted by atomic mass is 14.8. The summed E-state index contributed by atoms with van der Waals surface area (Å²) in [6.45, 7) is 3.84. The van der Waals surface area contributed by atoms with E-state index in [1.54, 1.807) is 0 Å². The van der Waals surface area contributed by atoms with E-state index in [4.69, 9.17) is 11.5 Å². The van der Waals surface area contributed by atoms with Crippen molar-refractivity contribution in [3.05, 3.63) is 12.2 Å². The first-order chi connectivity index (χ1) is 4.22. The average Bonchev–Trinajstić information content (AvgIpc) is 1.83. The SMILES string of the molecule is C=C1CCCC(N)C1N. The highest BCUT2D eigenvalue weighted by molar-refractivity contribution is 5.11. The fourth-order valence-electron chi connectivity index (χ4n) is 1.21. The molecule has 4 N–H and O–H groups in total. The second-order valence-corrected chi connectivity index (χ2v) is 2.74. The van der Waals surface area contributed by atoms with Crippen molar-refractivity contribution in [3.63, 3.8) is 0 Å². The largest absolute Gasteiger partial charge is 0.326 e. The molecule has 2 heteroatoms. The second-order valence-electron chi connectivity index (χ2n) is 2.74. The monoisotopic (exact) mass is 126 g/mol. The van der Waals surface area contributed by atoms with Crippen molar-refractivity contribution in [2.45, 2.75) is 31.3 Å². The maximum absolute atomic E-state index is 5.70. The lowest BCUT2D eigenvalue weighted by atomic mass is 9.88. The predicted octanol–water partition coefficient (Wildman–Crippen LogP) is 0.381. The molecular formula is C7H14N2. The summed E-state index contributed by atoms with van der Waals surface area (Å²) in [4.78, 5) is 0. The zero-order valence-corrected chi connectivity index (χ0v) is 5.64. The number of nitrogens with two attached hydrogens (primary N) is 2. The topological polar surface area (TPSA) is 52.0 Å². The summed E-state index contributed by atoms with van der Waals surface area (Å²) in [6, 6.07) is 0.213. The van der Waals surface area contributed by atoms with Crippen molar-refractivity contribution in [1.29, 1.82) is 0 Å². The van der Waals surface area contributed by atoms with Gasteiger partial charge in [0.05, 0.1) is 0 Å². The maximum atomic E-state index is 5.70. The Hall–Kier alpha value is -0.340. The molecule has 2 atom stereocenters. The van der Waals surface area contributed by atoms with Crippen LogP contribution in [0.2, 0.25) is 0 Å². The Morgan fingerprint density at radius 2 is 2.11 bits per heavy atom. The molecule has 1 aliphatic rings. The van der Waals surface area contributed by atoms with Gasteiger partial charge in [0.25, 0.3) is 0 Å². The van der Waals surface area contributed by atoms with E-state index < -0.39 is 0 Å². The van der Waals surface area contributed by atoms with Gasteiger partial charge in [-0.15, -0.1) is 0 Å². The average molecular weight is 126 g/mol. The van der Waals surface area contributed by atoms with Crippen LogP contribution in [-0.4, -0.2) is 12.1 Å². The molecule has 0 aromatic carbocycles. The molecular weight excluding hydrogens is 112 g/mol. The minimum atomic E-state index is 0.0544.